The van der Waals surface area contributed by atoms with Gasteiger partial charge in [0.1, 0.15) is 0 Å². The molecule has 28 valence electrons. The Hall–Kier alpha value is 0.942. The summed E-state index contributed by atoms with van der Waals surface area (Å²) >= 11 is 0. The Morgan fingerprint density at radius 3 is 1.40 bits per heavy atom. The van der Waals surface area contributed by atoms with Crippen LogP contribution in [0.2, 0.25) is 0 Å². The van der Waals surface area contributed by atoms with Gasteiger partial charge in [0.2, 0.25) is 0 Å². The fraction of sp³-hybridized carbons (Fsp3) is 0. The molecule has 0 saturated carbocycles. The van der Waals surface area contributed by atoms with E-state index in [1.54, 1.807) is 0 Å². The van der Waals surface area contributed by atoms with Crippen LogP contribution in [-0.4, -0.2) is 27.3 Å². The van der Waals surface area contributed by atoms with Crippen LogP contribution in [0.4, 0.5) is 0 Å². The summed E-state index contributed by atoms with van der Waals surface area (Å²) in [6.07, 6.45) is 0. The Kier molecular flexibility index (Phi) is 9.23. The summed E-state index contributed by atoms with van der Waals surface area (Å²) in [5.41, 5.74) is 0. The van der Waals surface area contributed by atoms with Crippen molar-refractivity contribution in [3.63, 3.8) is 0 Å². The van der Waals surface area contributed by atoms with Gasteiger partial charge in [-0.15, -0.1) is 0 Å². The van der Waals surface area contributed by atoms with E-state index < -0.39 is 8.25 Å². The zero-order valence-corrected chi connectivity index (χ0v) is 6.95. The van der Waals surface area contributed by atoms with Gasteiger partial charge in [-0.1, -0.05) is 4.57 Å². The van der Waals surface area contributed by atoms with E-state index in [4.69, 9.17) is 14.4 Å². The zero-order valence-electron chi connectivity index (χ0n) is 2.17. The van der Waals surface area contributed by atoms with Crippen LogP contribution in [0.5, 0.6) is 0 Å². The molecule has 5 heteroatoms. The quantitative estimate of drug-likeness (QED) is 0.381. The largest absolute Gasteiger partial charge is 0.598 e. The second-order valence-corrected chi connectivity index (χ2v) is 0.671. The first-order chi connectivity index (χ1) is 1.73. The minimum absolute atomic E-state index is 0. The first kappa shape index (κ1) is 9.34. The molecule has 3 nitrogen and oxygen atoms in total. The van der Waals surface area contributed by atoms with E-state index in [-0.39, 0.29) is 27.3 Å². The van der Waals surface area contributed by atoms with Crippen molar-refractivity contribution >= 4 is 35.6 Å². The molecule has 0 aliphatic carbocycles. The molecule has 0 bridgehead atoms. The molecule has 0 fully saturated rings. The molecule has 0 unspecified atom stereocenters. The topological polar surface area (TPSA) is 63.2 Å². The summed E-state index contributed by atoms with van der Waals surface area (Å²) in [6.45, 7) is 0. The molecule has 0 spiro atoms. The summed E-state index contributed by atoms with van der Waals surface area (Å²) in [7, 11) is -3.37. The number of hydrogen-bond acceptors (Lipinski definition) is 3. The summed E-state index contributed by atoms with van der Waals surface area (Å²) in [6, 6.07) is 0. The van der Waals surface area contributed by atoms with Gasteiger partial charge in [-0.3, -0.25) is 0 Å². The second-order valence-electron chi connectivity index (χ2n) is 0.224. The van der Waals surface area contributed by atoms with Crippen LogP contribution >= 0.6 is 8.25 Å². The Balaban J connectivity index is 0. The van der Waals surface area contributed by atoms with E-state index >= 15 is 0 Å². The van der Waals surface area contributed by atoms with Gasteiger partial charge in [0.05, 0.1) is 0 Å². The number of hydrogen-bond donors (Lipinski definition) is 0. The standard InChI is InChI=1S/HO3P.Pb/c1-4(2)3;/h(H,1,2,3);/p-1. The van der Waals surface area contributed by atoms with Gasteiger partial charge in [0.25, 0.3) is 8.25 Å². The van der Waals surface area contributed by atoms with Gasteiger partial charge in [0, 0.05) is 27.3 Å². The Morgan fingerprint density at radius 2 is 1.40 bits per heavy atom. The van der Waals surface area contributed by atoms with Gasteiger partial charge in [-0.05, 0) is 0 Å². The third-order valence-corrected chi connectivity index (χ3v) is 0. The molecule has 0 atom stereocenters. The predicted molar refractivity (Wildman–Crippen MR) is 13.4 cm³/mol. The van der Waals surface area contributed by atoms with Gasteiger partial charge < -0.3 is 9.79 Å². The maximum Gasteiger partial charge on any atom is 0.276 e. The van der Waals surface area contributed by atoms with E-state index in [0.717, 1.165) is 0 Å². The molecule has 5 heavy (non-hydrogen) atoms. The van der Waals surface area contributed by atoms with Crippen LogP contribution in [0.3, 0.4) is 0 Å². The number of rotatable bonds is 0. The van der Waals surface area contributed by atoms with Crippen LogP contribution < -0.4 is 9.79 Å². The first-order valence-electron chi connectivity index (χ1n) is 0.548. The van der Waals surface area contributed by atoms with Crippen LogP contribution in [0, 0.1) is 0 Å². The van der Waals surface area contributed by atoms with Gasteiger partial charge >= 0.3 is 0 Å². The molecule has 0 heterocycles. The van der Waals surface area contributed by atoms with Gasteiger partial charge in [-0.25, -0.2) is 0 Å². The molecule has 0 aromatic carbocycles. The Labute approximate surface area is 50.1 Å². The maximum absolute atomic E-state index is 8.48. The molecular formula is O3PPb-. The van der Waals surface area contributed by atoms with Crippen LogP contribution in [-0.2, 0) is 4.57 Å². The van der Waals surface area contributed by atoms with Crippen molar-refractivity contribution in [2.45, 2.75) is 0 Å². The van der Waals surface area contributed by atoms with Gasteiger partial charge in [0.15, 0.2) is 0 Å². The smallest absolute Gasteiger partial charge is 0.276 e. The molecule has 0 aromatic rings. The Bertz CT molecular complexity index is 29.9. The fourth-order valence-electron chi connectivity index (χ4n) is 0. The van der Waals surface area contributed by atoms with Crippen molar-refractivity contribution in [2.75, 3.05) is 0 Å². The average molecular weight is 286 g/mol. The minimum atomic E-state index is -3.37. The maximum atomic E-state index is 8.48. The third-order valence-electron chi connectivity index (χ3n) is 0. The fourth-order valence-corrected chi connectivity index (χ4v) is 0. The van der Waals surface area contributed by atoms with Crippen molar-refractivity contribution in [1.82, 2.24) is 0 Å². The SMILES string of the molecule is O=[P+]([O-])[O-].[Pb]. The monoisotopic (exact) mass is 287 g/mol. The van der Waals surface area contributed by atoms with Crippen LogP contribution in [0.1, 0.15) is 0 Å². The molecule has 4 radical (unpaired) electrons. The molecule has 0 aromatic heterocycles. The van der Waals surface area contributed by atoms with Crippen molar-refractivity contribution in [1.29, 1.82) is 0 Å². The molecule has 0 saturated heterocycles. The molecular weight excluding hydrogens is 286 g/mol. The van der Waals surface area contributed by atoms with E-state index in [1.165, 1.54) is 0 Å². The van der Waals surface area contributed by atoms with E-state index in [9.17, 15) is 0 Å². The van der Waals surface area contributed by atoms with Crippen LogP contribution in [0.25, 0.3) is 0 Å². The zero-order chi connectivity index (χ0) is 3.58. The summed E-state index contributed by atoms with van der Waals surface area (Å²) < 4.78 is 8.48. The summed E-state index contributed by atoms with van der Waals surface area (Å²) in [5, 5.41) is 0. The Morgan fingerprint density at radius 1 is 1.40 bits per heavy atom. The van der Waals surface area contributed by atoms with E-state index in [1.807, 2.05) is 0 Å². The first-order valence-corrected chi connectivity index (χ1v) is 1.64. The molecule has 0 rings (SSSR count). The van der Waals surface area contributed by atoms with Crippen molar-refractivity contribution in [3.8, 4) is 0 Å². The van der Waals surface area contributed by atoms with Gasteiger partial charge in [-0.2, -0.15) is 0 Å². The molecule has 0 aliphatic heterocycles. The molecule has 0 amide bonds. The minimum Gasteiger partial charge on any atom is -0.598 e. The van der Waals surface area contributed by atoms with Crippen LogP contribution in [0.15, 0.2) is 0 Å². The second kappa shape index (κ2) is 4.94. The van der Waals surface area contributed by atoms with Crippen molar-refractivity contribution < 1.29 is 14.4 Å². The predicted octanol–water partition coefficient (Wildman–Crippen LogP) is -2.02. The summed E-state index contributed by atoms with van der Waals surface area (Å²) in [5.74, 6) is 0. The van der Waals surface area contributed by atoms with Crippen molar-refractivity contribution in [2.24, 2.45) is 0 Å². The summed E-state index contributed by atoms with van der Waals surface area (Å²) in [4.78, 5) is 17.0. The normalized spacial score (nSPS) is 5.20. The third kappa shape index (κ3) is 48.2. The van der Waals surface area contributed by atoms with E-state index in [2.05, 4.69) is 0 Å². The van der Waals surface area contributed by atoms with Crippen molar-refractivity contribution in [3.05, 3.63) is 0 Å². The molecule has 0 aliphatic rings. The molecule has 0 N–H and O–H groups in total. The van der Waals surface area contributed by atoms with E-state index in [0.29, 0.717) is 0 Å². The average Bonchev–Trinajstić information content (AvgIpc) is 0.811.